The van der Waals surface area contributed by atoms with Crippen LogP contribution in [-0.4, -0.2) is 4.98 Å². The monoisotopic (exact) mass is 216 g/mol. The maximum Gasteiger partial charge on any atom is 0.0935 e. The molecule has 2 aromatic heterocycles. The van der Waals surface area contributed by atoms with Crippen LogP contribution in [0.1, 0.15) is 28.4 Å². The summed E-state index contributed by atoms with van der Waals surface area (Å²) in [6.45, 7) is 4.08. The van der Waals surface area contributed by atoms with Crippen LogP contribution in [0.2, 0.25) is 0 Å². The number of rotatable bonds is 3. The predicted molar refractivity (Wildman–Crippen MR) is 63.1 cm³/mol. The predicted octanol–water partition coefficient (Wildman–Crippen LogP) is 2.53. The molecule has 84 valence electrons. The molecule has 3 nitrogen and oxygen atoms in total. The zero-order valence-corrected chi connectivity index (χ0v) is 9.60. The molecule has 0 saturated carbocycles. The number of hydrogen-bond acceptors (Lipinski definition) is 3. The highest BCUT2D eigenvalue weighted by atomic mass is 16.3. The van der Waals surface area contributed by atoms with Gasteiger partial charge in [0, 0.05) is 6.20 Å². The molecule has 3 heteroatoms. The summed E-state index contributed by atoms with van der Waals surface area (Å²) in [7, 11) is 0. The van der Waals surface area contributed by atoms with Crippen LogP contribution in [0, 0.1) is 13.8 Å². The molecule has 0 bridgehead atoms. The Morgan fingerprint density at radius 1 is 1.44 bits per heavy atom. The summed E-state index contributed by atoms with van der Waals surface area (Å²) in [5, 5.41) is 0. The minimum absolute atomic E-state index is 0.0711. The van der Waals surface area contributed by atoms with Crippen molar-refractivity contribution < 1.29 is 4.42 Å². The summed E-state index contributed by atoms with van der Waals surface area (Å²) >= 11 is 0. The summed E-state index contributed by atoms with van der Waals surface area (Å²) in [5.41, 5.74) is 10.5. The average Bonchev–Trinajstić information content (AvgIpc) is 2.70. The molecule has 1 unspecified atom stereocenters. The van der Waals surface area contributed by atoms with Gasteiger partial charge in [-0.2, -0.15) is 0 Å². The zero-order valence-electron chi connectivity index (χ0n) is 9.60. The molecule has 0 aliphatic heterocycles. The molecular formula is C13H16N2O. The van der Waals surface area contributed by atoms with E-state index in [9.17, 15) is 0 Å². The lowest BCUT2D eigenvalue weighted by Crippen LogP contribution is -2.16. The topological polar surface area (TPSA) is 52.0 Å². The second-order valence-electron chi connectivity index (χ2n) is 4.16. The number of pyridine rings is 1. The molecule has 2 N–H and O–H groups in total. The van der Waals surface area contributed by atoms with E-state index < -0.39 is 0 Å². The van der Waals surface area contributed by atoms with E-state index in [1.807, 2.05) is 26.1 Å². The van der Waals surface area contributed by atoms with Crippen LogP contribution in [0.25, 0.3) is 0 Å². The molecule has 0 aliphatic carbocycles. The lowest BCUT2D eigenvalue weighted by atomic mass is 10.0. The van der Waals surface area contributed by atoms with Gasteiger partial charge in [0.2, 0.25) is 0 Å². The first-order valence-corrected chi connectivity index (χ1v) is 5.36. The normalized spacial score (nSPS) is 12.7. The fourth-order valence-electron chi connectivity index (χ4n) is 1.87. The molecule has 0 amide bonds. The molecule has 2 rings (SSSR count). The molecule has 0 fully saturated rings. The fourth-order valence-corrected chi connectivity index (χ4v) is 1.87. The van der Waals surface area contributed by atoms with Gasteiger partial charge in [-0.15, -0.1) is 0 Å². The maximum absolute atomic E-state index is 6.13. The molecule has 0 saturated heterocycles. The van der Waals surface area contributed by atoms with Crippen molar-refractivity contribution in [2.24, 2.45) is 5.73 Å². The first-order chi connectivity index (χ1) is 7.66. The van der Waals surface area contributed by atoms with E-state index in [0.29, 0.717) is 0 Å². The minimum Gasteiger partial charge on any atom is -0.472 e. The highest BCUT2D eigenvalue weighted by Gasteiger charge is 2.11. The van der Waals surface area contributed by atoms with Gasteiger partial charge in [-0.1, -0.05) is 6.07 Å². The van der Waals surface area contributed by atoms with E-state index in [-0.39, 0.29) is 6.04 Å². The second kappa shape index (κ2) is 4.49. The lowest BCUT2D eigenvalue weighted by Gasteiger charge is -2.13. The van der Waals surface area contributed by atoms with Crippen molar-refractivity contribution in [2.75, 3.05) is 0 Å². The Bertz CT molecular complexity index is 463. The first kappa shape index (κ1) is 10.9. The van der Waals surface area contributed by atoms with E-state index >= 15 is 0 Å². The van der Waals surface area contributed by atoms with E-state index in [1.54, 1.807) is 12.5 Å². The van der Waals surface area contributed by atoms with Crippen LogP contribution in [0.15, 0.2) is 35.3 Å². The van der Waals surface area contributed by atoms with Crippen LogP contribution in [0.4, 0.5) is 0 Å². The molecule has 16 heavy (non-hydrogen) atoms. The Kier molecular flexibility index (Phi) is 3.06. The molecule has 0 aromatic carbocycles. The third-order valence-corrected chi connectivity index (χ3v) is 2.64. The van der Waals surface area contributed by atoms with Crippen LogP contribution in [0.3, 0.4) is 0 Å². The zero-order chi connectivity index (χ0) is 11.5. The largest absolute Gasteiger partial charge is 0.472 e. The Balaban J connectivity index is 2.17. The average molecular weight is 216 g/mol. The maximum atomic E-state index is 6.13. The Labute approximate surface area is 95.3 Å². The molecule has 0 radical (unpaired) electrons. The minimum atomic E-state index is -0.0711. The highest BCUT2D eigenvalue weighted by molar-refractivity contribution is 5.26. The van der Waals surface area contributed by atoms with E-state index in [4.69, 9.17) is 10.2 Å². The van der Waals surface area contributed by atoms with E-state index in [1.165, 1.54) is 0 Å². The van der Waals surface area contributed by atoms with Crippen molar-refractivity contribution in [1.82, 2.24) is 4.98 Å². The van der Waals surface area contributed by atoms with Crippen molar-refractivity contribution >= 4 is 0 Å². The van der Waals surface area contributed by atoms with Gasteiger partial charge in [-0.25, -0.2) is 0 Å². The smallest absolute Gasteiger partial charge is 0.0935 e. The summed E-state index contributed by atoms with van der Waals surface area (Å²) in [6, 6.07) is 3.97. The number of nitrogens with zero attached hydrogens (tertiary/aromatic N) is 1. The van der Waals surface area contributed by atoms with E-state index in [0.717, 1.165) is 28.8 Å². The van der Waals surface area contributed by atoms with Crippen molar-refractivity contribution in [1.29, 1.82) is 0 Å². The van der Waals surface area contributed by atoms with Crippen molar-refractivity contribution in [3.63, 3.8) is 0 Å². The number of furan rings is 1. The van der Waals surface area contributed by atoms with Gasteiger partial charge in [-0.05, 0) is 43.0 Å². The molecule has 1 atom stereocenters. The summed E-state index contributed by atoms with van der Waals surface area (Å²) in [6.07, 6.45) is 6.01. The Morgan fingerprint density at radius 3 is 2.88 bits per heavy atom. The summed E-state index contributed by atoms with van der Waals surface area (Å²) in [4.78, 5) is 4.40. The van der Waals surface area contributed by atoms with Crippen molar-refractivity contribution in [3.8, 4) is 0 Å². The summed E-state index contributed by atoms with van der Waals surface area (Å²) in [5.74, 6) is 0. The van der Waals surface area contributed by atoms with Gasteiger partial charge >= 0.3 is 0 Å². The molecule has 0 spiro atoms. The van der Waals surface area contributed by atoms with Gasteiger partial charge in [0.15, 0.2) is 0 Å². The van der Waals surface area contributed by atoms with Gasteiger partial charge in [0.1, 0.15) is 0 Å². The molecular weight excluding hydrogens is 200 g/mol. The lowest BCUT2D eigenvalue weighted by molar-refractivity contribution is 0.560. The third kappa shape index (κ3) is 2.31. The highest BCUT2D eigenvalue weighted by Crippen LogP contribution is 2.18. The van der Waals surface area contributed by atoms with Gasteiger partial charge in [0.05, 0.1) is 24.3 Å². The van der Waals surface area contributed by atoms with Crippen LogP contribution < -0.4 is 5.73 Å². The van der Waals surface area contributed by atoms with Crippen LogP contribution >= 0.6 is 0 Å². The second-order valence-corrected chi connectivity index (χ2v) is 4.16. The number of nitrogens with two attached hydrogens (primary N) is 1. The number of hydrogen-bond donors (Lipinski definition) is 1. The SMILES string of the molecule is Cc1cnc(C(N)Cc2ccoc2)c(C)c1. The number of aryl methyl sites for hydroxylation is 2. The third-order valence-electron chi connectivity index (χ3n) is 2.64. The molecule has 2 heterocycles. The first-order valence-electron chi connectivity index (χ1n) is 5.36. The van der Waals surface area contributed by atoms with E-state index in [2.05, 4.69) is 11.1 Å². The van der Waals surface area contributed by atoms with Crippen LogP contribution in [-0.2, 0) is 6.42 Å². The standard InChI is InChI=1S/C13H16N2O/c1-9-5-10(2)13(15-7-9)12(14)6-11-3-4-16-8-11/h3-5,7-8,12H,6,14H2,1-2H3. The quantitative estimate of drug-likeness (QED) is 0.857. The fraction of sp³-hybridized carbons (Fsp3) is 0.308. The molecule has 2 aromatic rings. The Hall–Kier alpha value is -1.61. The van der Waals surface area contributed by atoms with Crippen molar-refractivity contribution in [3.05, 3.63) is 53.2 Å². The molecule has 0 aliphatic rings. The van der Waals surface area contributed by atoms with Crippen molar-refractivity contribution in [2.45, 2.75) is 26.3 Å². The van der Waals surface area contributed by atoms with Crippen LogP contribution in [0.5, 0.6) is 0 Å². The van der Waals surface area contributed by atoms with Gasteiger partial charge in [-0.3, -0.25) is 4.98 Å². The summed E-state index contributed by atoms with van der Waals surface area (Å²) < 4.78 is 5.02. The van der Waals surface area contributed by atoms with Gasteiger partial charge in [0.25, 0.3) is 0 Å². The van der Waals surface area contributed by atoms with Gasteiger partial charge < -0.3 is 10.2 Å². The Morgan fingerprint density at radius 2 is 2.25 bits per heavy atom. The number of aromatic nitrogens is 1.